The first kappa shape index (κ1) is 13.9. The van der Waals surface area contributed by atoms with Crippen molar-refractivity contribution >= 4 is 11.5 Å². The highest BCUT2D eigenvalue weighted by Crippen LogP contribution is 2.10. The molecule has 2 heterocycles. The second-order valence-corrected chi connectivity index (χ2v) is 4.90. The average molecular weight is 292 g/mol. The summed E-state index contributed by atoms with van der Waals surface area (Å²) in [6, 6.07) is 11.8. The Morgan fingerprint density at radius 1 is 1.18 bits per heavy atom. The summed E-state index contributed by atoms with van der Waals surface area (Å²) in [5.74, 6) is 1.31. The second-order valence-electron chi connectivity index (χ2n) is 4.90. The van der Waals surface area contributed by atoms with E-state index in [1.807, 2.05) is 50.4 Å². The number of rotatable bonds is 4. The van der Waals surface area contributed by atoms with Gasteiger partial charge in [-0.05, 0) is 25.0 Å². The van der Waals surface area contributed by atoms with Gasteiger partial charge in [0.05, 0.1) is 11.9 Å². The predicted octanol–water partition coefficient (Wildman–Crippen LogP) is 2.81. The van der Waals surface area contributed by atoms with Crippen molar-refractivity contribution in [3.05, 3.63) is 66.2 Å². The summed E-state index contributed by atoms with van der Waals surface area (Å²) in [5.41, 5.74) is 5.98. The van der Waals surface area contributed by atoms with Gasteiger partial charge in [0.2, 0.25) is 0 Å². The van der Waals surface area contributed by atoms with Crippen LogP contribution in [-0.4, -0.2) is 25.5 Å². The maximum absolute atomic E-state index is 4.35. The number of aromatic nitrogens is 4. The van der Waals surface area contributed by atoms with Gasteiger partial charge in [-0.2, -0.15) is 10.2 Å². The molecule has 0 aliphatic heterocycles. The highest BCUT2D eigenvalue weighted by molar-refractivity contribution is 5.98. The molecule has 22 heavy (non-hydrogen) atoms. The van der Waals surface area contributed by atoms with E-state index >= 15 is 0 Å². The number of hydrogen-bond donors (Lipinski definition) is 1. The van der Waals surface area contributed by atoms with Crippen molar-refractivity contribution in [1.29, 1.82) is 0 Å². The first-order chi connectivity index (χ1) is 10.7. The lowest BCUT2D eigenvalue weighted by Gasteiger charge is -2.04. The summed E-state index contributed by atoms with van der Waals surface area (Å²) in [4.78, 5) is 8.38. The van der Waals surface area contributed by atoms with Crippen LogP contribution in [0.1, 0.15) is 18.1 Å². The number of anilines is 1. The number of benzene rings is 1. The third-order valence-electron chi connectivity index (χ3n) is 3.13. The summed E-state index contributed by atoms with van der Waals surface area (Å²) < 4.78 is 1.70. The van der Waals surface area contributed by atoms with E-state index in [4.69, 9.17) is 0 Å². The van der Waals surface area contributed by atoms with Crippen LogP contribution in [-0.2, 0) is 0 Å². The molecule has 0 amide bonds. The Bertz CT molecular complexity index is 791. The van der Waals surface area contributed by atoms with E-state index in [0.29, 0.717) is 11.6 Å². The quantitative estimate of drug-likeness (QED) is 0.593. The maximum Gasteiger partial charge on any atom is 0.158 e. The smallest absolute Gasteiger partial charge is 0.158 e. The summed E-state index contributed by atoms with van der Waals surface area (Å²) in [6.07, 6.45) is 5.18. The van der Waals surface area contributed by atoms with Crippen LogP contribution in [0, 0.1) is 6.92 Å². The average Bonchev–Trinajstić information content (AvgIpc) is 3.00. The lowest BCUT2D eigenvalue weighted by molar-refractivity contribution is 0.839. The van der Waals surface area contributed by atoms with Crippen molar-refractivity contribution in [2.45, 2.75) is 13.8 Å². The molecule has 0 spiro atoms. The number of hydrogen-bond acceptors (Lipinski definition) is 5. The molecule has 6 nitrogen and oxygen atoms in total. The van der Waals surface area contributed by atoms with E-state index in [9.17, 15) is 0 Å². The molecule has 0 radical (unpaired) electrons. The first-order valence-corrected chi connectivity index (χ1v) is 6.92. The minimum atomic E-state index is 0.619. The highest BCUT2D eigenvalue weighted by Gasteiger charge is 2.02. The summed E-state index contributed by atoms with van der Waals surface area (Å²) in [5, 5.41) is 8.58. The van der Waals surface area contributed by atoms with Crippen LogP contribution in [0.3, 0.4) is 0 Å². The van der Waals surface area contributed by atoms with Gasteiger partial charge in [0.1, 0.15) is 6.33 Å². The molecule has 0 saturated heterocycles. The van der Waals surface area contributed by atoms with E-state index < -0.39 is 0 Å². The SMILES string of the molecule is CC(=NNc1cc(-n2cc(C)cn2)ncn1)c1ccccc1. The van der Waals surface area contributed by atoms with Crippen LogP contribution < -0.4 is 5.43 Å². The van der Waals surface area contributed by atoms with Crippen molar-refractivity contribution in [1.82, 2.24) is 19.7 Å². The Balaban J connectivity index is 1.79. The Morgan fingerprint density at radius 2 is 2.00 bits per heavy atom. The molecule has 0 aliphatic rings. The van der Waals surface area contributed by atoms with Gasteiger partial charge in [-0.15, -0.1) is 0 Å². The van der Waals surface area contributed by atoms with Crippen LogP contribution in [0.5, 0.6) is 0 Å². The lowest BCUT2D eigenvalue weighted by Crippen LogP contribution is -2.03. The zero-order valence-corrected chi connectivity index (χ0v) is 12.4. The van der Waals surface area contributed by atoms with Crippen LogP contribution in [0.4, 0.5) is 5.82 Å². The molecule has 110 valence electrons. The third kappa shape index (κ3) is 3.17. The van der Waals surface area contributed by atoms with E-state index in [1.165, 1.54) is 6.33 Å². The molecule has 1 N–H and O–H groups in total. The molecule has 3 aromatic rings. The zero-order valence-electron chi connectivity index (χ0n) is 12.4. The fourth-order valence-electron chi connectivity index (χ4n) is 1.96. The maximum atomic E-state index is 4.35. The van der Waals surface area contributed by atoms with E-state index in [0.717, 1.165) is 16.8 Å². The van der Waals surface area contributed by atoms with Crippen molar-refractivity contribution in [3.63, 3.8) is 0 Å². The minimum Gasteiger partial charge on any atom is -0.261 e. The number of nitrogens with zero attached hydrogens (tertiary/aromatic N) is 5. The lowest BCUT2D eigenvalue weighted by atomic mass is 10.1. The van der Waals surface area contributed by atoms with Crippen molar-refractivity contribution < 1.29 is 0 Å². The molecule has 1 aromatic carbocycles. The van der Waals surface area contributed by atoms with E-state index in [1.54, 1.807) is 16.9 Å². The fraction of sp³-hybridized carbons (Fsp3) is 0.125. The Hall–Kier alpha value is -3.02. The largest absolute Gasteiger partial charge is 0.261 e. The first-order valence-electron chi connectivity index (χ1n) is 6.92. The van der Waals surface area contributed by atoms with Gasteiger partial charge >= 0.3 is 0 Å². The van der Waals surface area contributed by atoms with Crippen molar-refractivity contribution in [2.24, 2.45) is 5.10 Å². The van der Waals surface area contributed by atoms with Gasteiger partial charge < -0.3 is 0 Å². The molecule has 0 saturated carbocycles. The molecular weight excluding hydrogens is 276 g/mol. The third-order valence-corrected chi connectivity index (χ3v) is 3.13. The second kappa shape index (κ2) is 6.17. The normalized spacial score (nSPS) is 11.5. The number of aryl methyl sites for hydroxylation is 1. The van der Waals surface area contributed by atoms with Gasteiger partial charge in [-0.25, -0.2) is 14.6 Å². The molecule has 3 rings (SSSR count). The molecule has 0 atom stereocenters. The highest BCUT2D eigenvalue weighted by atomic mass is 15.3. The predicted molar refractivity (Wildman–Crippen MR) is 86.2 cm³/mol. The molecule has 0 unspecified atom stereocenters. The minimum absolute atomic E-state index is 0.619. The summed E-state index contributed by atoms with van der Waals surface area (Å²) >= 11 is 0. The van der Waals surface area contributed by atoms with Crippen molar-refractivity contribution in [3.8, 4) is 5.82 Å². The van der Waals surface area contributed by atoms with E-state index in [-0.39, 0.29) is 0 Å². The molecule has 0 fully saturated rings. The Kier molecular flexibility index (Phi) is 3.91. The topological polar surface area (TPSA) is 68.0 Å². The molecule has 6 heteroatoms. The van der Waals surface area contributed by atoms with Crippen LogP contribution in [0.2, 0.25) is 0 Å². The molecule has 0 bridgehead atoms. The van der Waals surface area contributed by atoms with Gasteiger partial charge in [-0.3, -0.25) is 5.43 Å². The van der Waals surface area contributed by atoms with Gasteiger partial charge in [-0.1, -0.05) is 30.3 Å². The van der Waals surface area contributed by atoms with Gasteiger partial charge in [0.15, 0.2) is 11.6 Å². The Morgan fingerprint density at radius 3 is 2.73 bits per heavy atom. The van der Waals surface area contributed by atoms with Crippen LogP contribution >= 0.6 is 0 Å². The molecule has 0 aliphatic carbocycles. The van der Waals surface area contributed by atoms with Gasteiger partial charge in [0.25, 0.3) is 0 Å². The molecular formula is C16H16N6. The number of hydrazone groups is 1. The fourth-order valence-corrected chi connectivity index (χ4v) is 1.96. The van der Waals surface area contributed by atoms with Crippen LogP contribution in [0.25, 0.3) is 5.82 Å². The Labute approximate surface area is 128 Å². The zero-order chi connectivity index (χ0) is 15.4. The summed E-state index contributed by atoms with van der Waals surface area (Å²) in [7, 11) is 0. The van der Waals surface area contributed by atoms with Crippen molar-refractivity contribution in [2.75, 3.05) is 5.43 Å². The molecule has 2 aromatic heterocycles. The monoisotopic (exact) mass is 292 g/mol. The standard InChI is InChI=1S/C16H16N6/c1-12-9-19-22(10-12)16-8-15(17-11-18-16)21-20-13(2)14-6-4-3-5-7-14/h3-11H,1-2H3,(H,17,18,21). The summed E-state index contributed by atoms with van der Waals surface area (Å²) in [6.45, 7) is 3.93. The number of nitrogens with one attached hydrogen (secondary N) is 1. The van der Waals surface area contributed by atoms with Gasteiger partial charge in [0, 0.05) is 12.3 Å². The van der Waals surface area contributed by atoms with Crippen LogP contribution in [0.15, 0.2) is 60.2 Å². The van der Waals surface area contributed by atoms with E-state index in [2.05, 4.69) is 25.6 Å².